The lowest BCUT2D eigenvalue weighted by Crippen LogP contribution is -2.39. The van der Waals surface area contributed by atoms with Gasteiger partial charge in [-0.1, -0.05) is 19.3 Å². The van der Waals surface area contributed by atoms with E-state index in [0.29, 0.717) is 5.69 Å². The normalized spacial score (nSPS) is 23.2. The van der Waals surface area contributed by atoms with Crippen molar-refractivity contribution in [2.45, 2.75) is 50.4 Å². The third kappa shape index (κ3) is 3.88. The van der Waals surface area contributed by atoms with Crippen molar-refractivity contribution in [2.75, 3.05) is 5.32 Å². The molecule has 1 aromatic rings. The van der Waals surface area contributed by atoms with Gasteiger partial charge in [0.15, 0.2) is 0 Å². The average molecular weight is 297 g/mol. The number of nitrogens with one attached hydrogen (secondary N) is 1. The van der Waals surface area contributed by atoms with E-state index in [1.54, 1.807) is 6.07 Å². The summed E-state index contributed by atoms with van der Waals surface area (Å²) in [6.07, 6.45) is 0.373. The Labute approximate surface area is 121 Å². The Bertz CT molecular complexity index is 534. The number of alkyl halides is 3. The summed E-state index contributed by atoms with van der Waals surface area (Å²) < 4.78 is 38.8. The standard InChI is InChI=1S/C15H18F3N3/c16-15(17,18)12-8-11(7-6-10(12)9-19)21-14-5-3-1-2-4-13(14)20/h6-8,13-14,21H,1-5,20H2/t13-,14-/m1/s1. The molecule has 0 saturated heterocycles. The van der Waals surface area contributed by atoms with Crippen LogP contribution in [0.5, 0.6) is 0 Å². The van der Waals surface area contributed by atoms with Crippen LogP contribution in [0.25, 0.3) is 0 Å². The number of nitrogens with two attached hydrogens (primary N) is 1. The summed E-state index contributed by atoms with van der Waals surface area (Å²) in [5, 5.41) is 11.9. The summed E-state index contributed by atoms with van der Waals surface area (Å²) in [5.74, 6) is 0. The Kier molecular flexibility index (Phi) is 4.73. The van der Waals surface area contributed by atoms with Crippen molar-refractivity contribution in [3.05, 3.63) is 29.3 Å². The minimum absolute atomic E-state index is 0.0264. The first-order chi connectivity index (χ1) is 9.91. The van der Waals surface area contributed by atoms with E-state index in [4.69, 9.17) is 11.0 Å². The molecule has 0 heterocycles. The summed E-state index contributed by atoms with van der Waals surface area (Å²) >= 11 is 0. The smallest absolute Gasteiger partial charge is 0.381 e. The van der Waals surface area contributed by atoms with Crippen molar-refractivity contribution in [1.29, 1.82) is 5.26 Å². The molecule has 1 aliphatic rings. The SMILES string of the molecule is N#Cc1ccc(N[C@@H]2CCCCC[C@H]2N)cc1C(F)(F)F. The van der Waals surface area contributed by atoms with E-state index in [-0.39, 0.29) is 17.6 Å². The summed E-state index contributed by atoms with van der Waals surface area (Å²) in [6.45, 7) is 0. The highest BCUT2D eigenvalue weighted by molar-refractivity contribution is 5.53. The van der Waals surface area contributed by atoms with Gasteiger partial charge in [0.05, 0.1) is 17.2 Å². The van der Waals surface area contributed by atoms with Gasteiger partial charge in [-0.3, -0.25) is 0 Å². The summed E-state index contributed by atoms with van der Waals surface area (Å²) in [6, 6.07) is 5.20. The topological polar surface area (TPSA) is 61.8 Å². The summed E-state index contributed by atoms with van der Waals surface area (Å²) in [5.41, 5.74) is 5.17. The Hall–Kier alpha value is -1.74. The van der Waals surface area contributed by atoms with Crippen molar-refractivity contribution in [3.8, 4) is 6.07 Å². The second-order valence-electron chi connectivity index (χ2n) is 5.42. The van der Waals surface area contributed by atoms with E-state index in [1.165, 1.54) is 12.1 Å². The van der Waals surface area contributed by atoms with Gasteiger partial charge in [-0.2, -0.15) is 18.4 Å². The molecule has 0 aliphatic heterocycles. The Balaban J connectivity index is 2.23. The van der Waals surface area contributed by atoms with Gasteiger partial charge in [0.25, 0.3) is 0 Å². The molecule has 2 rings (SSSR count). The lowest BCUT2D eigenvalue weighted by atomic mass is 10.0. The fourth-order valence-corrected chi connectivity index (χ4v) is 2.70. The molecule has 0 amide bonds. The highest BCUT2D eigenvalue weighted by Crippen LogP contribution is 2.34. The highest BCUT2D eigenvalue weighted by atomic mass is 19.4. The quantitative estimate of drug-likeness (QED) is 0.819. The summed E-state index contributed by atoms with van der Waals surface area (Å²) in [7, 11) is 0. The molecule has 0 radical (unpaired) electrons. The molecule has 1 saturated carbocycles. The number of hydrogen-bond donors (Lipinski definition) is 2. The van der Waals surface area contributed by atoms with Gasteiger partial charge in [-0.05, 0) is 31.0 Å². The van der Waals surface area contributed by atoms with E-state index < -0.39 is 11.7 Å². The van der Waals surface area contributed by atoms with Crippen molar-refractivity contribution in [2.24, 2.45) is 5.73 Å². The van der Waals surface area contributed by atoms with Crippen LogP contribution in [0.4, 0.5) is 18.9 Å². The zero-order chi connectivity index (χ0) is 15.5. The van der Waals surface area contributed by atoms with Crippen LogP contribution in [-0.2, 0) is 6.18 Å². The zero-order valence-electron chi connectivity index (χ0n) is 11.6. The molecule has 1 fully saturated rings. The van der Waals surface area contributed by atoms with Gasteiger partial charge in [-0.25, -0.2) is 0 Å². The molecule has 0 aromatic heterocycles. The first-order valence-corrected chi connectivity index (χ1v) is 7.05. The first kappa shape index (κ1) is 15.6. The first-order valence-electron chi connectivity index (χ1n) is 7.05. The minimum Gasteiger partial charge on any atom is -0.381 e. The van der Waals surface area contributed by atoms with Crippen molar-refractivity contribution in [3.63, 3.8) is 0 Å². The van der Waals surface area contributed by atoms with E-state index in [0.717, 1.165) is 38.2 Å². The molecule has 3 nitrogen and oxygen atoms in total. The third-order valence-corrected chi connectivity index (χ3v) is 3.87. The van der Waals surface area contributed by atoms with Crippen molar-refractivity contribution >= 4 is 5.69 Å². The van der Waals surface area contributed by atoms with Crippen LogP contribution in [0.2, 0.25) is 0 Å². The maximum Gasteiger partial charge on any atom is 0.417 e. The van der Waals surface area contributed by atoms with Crippen LogP contribution in [0.15, 0.2) is 18.2 Å². The lowest BCUT2D eigenvalue weighted by Gasteiger charge is -2.24. The minimum atomic E-state index is -4.53. The number of nitriles is 1. The number of nitrogens with zero attached hydrogens (tertiary/aromatic N) is 1. The van der Waals surface area contributed by atoms with Crippen LogP contribution in [-0.4, -0.2) is 12.1 Å². The number of benzene rings is 1. The van der Waals surface area contributed by atoms with Crippen LogP contribution < -0.4 is 11.1 Å². The molecular weight excluding hydrogens is 279 g/mol. The van der Waals surface area contributed by atoms with Gasteiger partial charge >= 0.3 is 6.18 Å². The van der Waals surface area contributed by atoms with Gasteiger partial charge in [0.2, 0.25) is 0 Å². The predicted molar refractivity (Wildman–Crippen MR) is 74.6 cm³/mol. The molecule has 0 spiro atoms. The molecule has 1 aliphatic carbocycles. The Morgan fingerprint density at radius 3 is 2.57 bits per heavy atom. The van der Waals surface area contributed by atoms with Gasteiger partial charge in [0, 0.05) is 17.8 Å². The third-order valence-electron chi connectivity index (χ3n) is 3.87. The molecule has 114 valence electrons. The molecule has 1 aromatic carbocycles. The van der Waals surface area contributed by atoms with Crippen molar-refractivity contribution in [1.82, 2.24) is 0 Å². The van der Waals surface area contributed by atoms with E-state index in [9.17, 15) is 13.2 Å². The molecular formula is C15H18F3N3. The number of halogens is 3. The molecule has 21 heavy (non-hydrogen) atoms. The van der Waals surface area contributed by atoms with E-state index in [2.05, 4.69) is 5.32 Å². The summed E-state index contributed by atoms with van der Waals surface area (Å²) in [4.78, 5) is 0. The van der Waals surface area contributed by atoms with Gasteiger partial charge < -0.3 is 11.1 Å². The largest absolute Gasteiger partial charge is 0.417 e. The Morgan fingerprint density at radius 1 is 1.19 bits per heavy atom. The Morgan fingerprint density at radius 2 is 1.90 bits per heavy atom. The predicted octanol–water partition coefficient (Wildman–Crippen LogP) is 3.65. The van der Waals surface area contributed by atoms with Gasteiger partial charge in [0.1, 0.15) is 0 Å². The van der Waals surface area contributed by atoms with Gasteiger partial charge in [-0.15, -0.1) is 0 Å². The fraction of sp³-hybridized carbons (Fsp3) is 0.533. The van der Waals surface area contributed by atoms with Crippen LogP contribution >= 0.6 is 0 Å². The second kappa shape index (κ2) is 6.35. The molecule has 3 N–H and O–H groups in total. The monoisotopic (exact) mass is 297 g/mol. The number of rotatable bonds is 2. The fourth-order valence-electron chi connectivity index (χ4n) is 2.70. The molecule has 0 bridgehead atoms. The second-order valence-corrected chi connectivity index (χ2v) is 5.42. The zero-order valence-corrected chi connectivity index (χ0v) is 11.6. The lowest BCUT2D eigenvalue weighted by molar-refractivity contribution is -0.137. The van der Waals surface area contributed by atoms with Crippen LogP contribution in [0.1, 0.15) is 43.2 Å². The number of hydrogen-bond acceptors (Lipinski definition) is 3. The number of anilines is 1. The van der Waals surface area contributed by atoms with E-state index >= 15 is 0 Å². The molecule has 6 heteroatoms. The maximum atomic E-state index is 12.9. The van der Waals surface area contributed by atoms with Crippen molar-refractivity contribution < 1.29 is 13.2 Å². The van der Waals surface area contributed by atoms with Crippen LogP contribution in [0, 0.1) is 11.3 Å². The van der Waals surface area contributed by atoms with E-state index in [1.807, 2.05) is 0 Å². The molecule has 2 atom stereocenters. The molecule has 0 unspecified atom stereocenters. The maximum absolute atomic E-state index is 12.9. The average Bonchev–Trinajstić information content (AvgIpc) is 2.63. The van der Waals surface area contributed by atoms with Crippen LogP contribution in [0.3, 0.4) is 0 Å². The highest BCUT2D eigenvalue weighted by Gasteiger charge is 2.34.